The van der Waals surface area contributed by atoms with Crippen LogP contribution in [0, 0.1) is 5.92 Å². The van der Waals surface area contributed by atoms with Crippen molar-refractivity contribution < 1.29 is 9.59 Å². The van der Waals surface area contributed by atoms with Crippen molar-refractivity contribution in [3.63, 3.8) is 0 Å². The fourth-order valence-corrected chi connectivity index (χ4v) is 1.75. The highest BCUT2D eigenvalue weighted by molar-refractivity contribution is 5.85. The Morgan fingerprint density at radius 3 is 2.14 bits per heavy atom. The molecule has 14 heavy (non-hydrogen) atoms. The van der Waals surface area contributed by atoms with Gasteiger partial charge in [0.15, 0.2) is 5.78 Å². The maximum absolute atomic E-state index is 11.4. The first-order chi connectivity index (χ1) is 6.52. The molecule has 0 aliphatic carbocycles. The maximum atomic E-state index is 11.4. The van der Waals surface area contributed by atoms with E-state index in [-0.39, 0.29) is 17.6 Å². The van der Waals surface area contributed by atoms with Gasteiger partial charge in [0.2, 0.25) is 5.91 Å². The lowest BCUT2D eigenvalue weighted by molar-refractivity contribution is -0.133. The molecule has 0 radical (unpaired) electrons. The smallest absolute Gasteiger partial charge is 0.219 e. The highest BCUT2D eigenvalue weighted by Crippen LogP contribution is 2.18. The molecule has 0 aromatic carbocycles. The fourth-order valence-electron chi connectivity index (χ4n) is 1.75. The lowest BCUT2D eigenvalue weighted by Crippen LogP contribution is -2.47. The standard InChI is InChI=1S/C9H17N3O2/c1-6(13)12-4-2-7(3-5-12)8(14)9(10)11/h7,9H,2-5,10-11H2,1H3. The third-order valence-corrected chi connectivity index (χ3v) is 2.67. The number of hydrogen-bond acceptors (Lipinski definition) is 4. The van der Waals surface area contributed by atoms with Crippen molar-refractivity contribution in [2.24, 2.45) is 17.4 Å². The largest absolute Gasteiger partial charge is 0.343 e. The summed E-state index contributed by atoms with van der Waals surface area (Å²) in [6, 6.07) is 0. The Bertz CT molecular complexity index is 232. The minimum absolute atomic E-state index is 0.0629. The molecule has 1 aliphatic rings. The Hall–Kier alpha value is -0.940. The molecule has 0 unspecified atom stereocenters. The molecule has 80 valence electrons. The molecule has 0 aromatic heterocycles. The summed E-state index contributed by atoms with van der Waals surface area (Å²) in [7, 11) is 0. The second kappa shape index (κ2) is 4.52. The third-order valence-electron chi connectivity index (χ3n) is 2.67. The molecular formula is C9H17N3O2. The van der Waals surface area contributed by atoms with Crippen molar-refractivity contribution in [3.8, 4) is 0 Å². The molecule has 4 N–H and O–H groups in total. The van der Waals surface area contributed by atoms with Crippen molar-refractivity contribution in [2.75, 3.05) is 13.1 Å². The van der Waals surface area contributed by atoms with Crippen LogP contribution in [0.2, 0.25) is 0 Å². The third kappa shape index (κ3) is 2.52. The van der Waals surface area contributed by atoms with Gasteiger partial charge in [0, 0.05) is 25.9 Å². The van der Waals surface area contributed by atoms with E-state index in [9.17, 15) is 9.59 Å². The average molecular weight is 199 g/mol. The van der Waals surface area contributed by atoms with Crippen LogP contribution in [0.15, 0.2) is 0 Å². The number of carbonyl (C=O) groups is 2. The summed E-state index contributed by atoms with van der Waals surface area (Å²) in [5, 5.41) is 0. The van der Waals surface area contributed by atoms with E-state index in [0.717, 1.165) is 0 Å². The van der Waals surface area contributed by atoms with Gasteiger partial charge >= 0.3 is 0 Å². The summed E-state index contributed by atoms with van der Waals surface area (Å²) in [5.41, 5.74) is 10.6. The van der Waals surface area contributed by atoms with Crippen LogP contribution < -0.4 is 11.5 Å². The van der Waals surface area contributed by atoms with E-state index < -0.39 is 6.17 Å². The number of hydrogen-bond donors (Lipinski definition) is 2. The Labute approximate surface area is 83.4 Å². The number of carbonyl (C=O) groups excluding carboxylic acids is 2. The zero-order valence-corrected chi connectivity index (χ0v) is 8.40. The van der Waals surface area contributed by atoms with Gasteiger partial charge < -0.3 is 16.4 Å². The zero-order chi connectivity index (χ0) is 10.7. The van der Waals surface area contributed by atoms with Crippen molar-refractivity contribution in [1.29, 1.82) is 0 Å². The topological polar surface area (TPSA) is 89.4 Å². The van der Waals surface area contributed by atoms with Gasteiger partial charge in [0.1, 0.15) is 6.17 Å². The van der Waals surface area contributed by atoms with Crippen LogP contribution in [0.1, 0.15) is 19.8 Å². The molecule has 0 spiro atoms. The lowest BCUT2D eigenvalue weighted by atomic mass is 9.91. The van der Waals surface area contributed by atoms with Crippen LogP contribution in [0.3, 0.4) is 0 Å². The van der Waals surface area contributed by atoms with Crippen molar-refractivity contribution in [3.05, 3.63) is 0 Å². The van der Waals surface area contributed by atoms with Crippen molar-refractivity contribution in [1.82, 2.24) is 4.90 Å². The van der Waals surface area contributed by atoms with Crippen molar-refractivity contribution in [2.45, 2.75) is 25.9 Å². The predicted molar refractivity (Wildman–Crippen MR) is 52.1 cm³/mol. The zero-order valence-electron chi connectivity index (χ0n) is 8.40. The number of amides is 1. The molecule has 1 rings (SSSR count). The molecule has 1 heterocycles. The summed E-state index contributed by atoms with van der Waals surface area (Å²) in [6.07, 6.45) is 0.496. The van der Waals surface area contributed by atoms with Gasteiger partial charge in [-0.15, -0.1) is 0 Å². The number of ketones is 1. The lowest BCUT2D eigenvalue weighted by Gasteiger charge is -2.31. The van der Waals surface area contributed by atoms with E-state index in [4.69, 9.17) is 11.5 Å². The van der Waals surface area contributed by atoms with Crippen LogP contribution >= 0.6 is 0 Å². The summed E-state index contributed by atoms with van der Waals surface area (Å²) in [4.78, 5) is 24.2. The van der Waals surface area contributed by atoms with E-state index in [1.807, 2.05) is 0 Å². The molecule has 0 bridgehead atoms. The fraction of sp³-hybridized carbons (Fsp3) is 0.778. The highest BCUT2D eigenvalue weighted by atomic mass is 16.2. The highest BCUT2D eigenvalue weighted by Gasteiger charge is 2.27. The van der Waals surface area contributed by atoms with Gasteiger partial charge in [0.25, 0.3) is 0 Å². The van der Waals surface area contributed by atoms with Gasteiger partial charge in [-0.25, -0.2) is 0 Å². The molecule has 0 aromatic rings. The van der Waals surface area contributed by atoms with E-state index in [2.05, 4.69) is 0 Å². The quantitative estimate of drug-likeness (QED) is 0.561. The Morgan fingerprint density at radius 1 is 1.29 bits per heavy atom. The normalized spacial score (nSPS) is 18.7. The molecule has 0 saturated carbocycles. The average Bonchev–Trinajstić information content (AvgIpc) is 2.16. The van der Waals surface area contributed by atoms with Crippen LogP contribution in [0.5, 0.6) is 0 Å². The SMILES string of the molecule is CC(=O)N1CCC(C(=O)C(N)N)CC1. The van der Waals surface area contributed by atoms with Crippen molar-refractivity contribution >= 4 is 11.7 Å². The molecule has 1 saturated heterocycles. The summed E-state index contributed by atoms with van der Waals surface area (Å²) in [6.45, 7) is 2.81. The van der Waals surface area contributed by atoms with Gasteiger partial charge in [-0.3, -0.25) is 9.59 Å². The number of Topliss-reactive ketones (excluding diaryl/α,β-unsaturated/α-hetero) is 1. The number of nitrogens with zero attached hydrogens (tertiary/aromatic N) is 1. The molecule has 1 aliphatic heterocycles. The summed E-state index contributed by atoms with van der Waals surface area (Å²) >= 11 is 0. The second-order valence-corrected chi connectivity index (χ2v) is 3.71. The summed E-state index contributed by atoms with van der Waals surface area (Å²) in [5.74, 6) is -0.0910. The molecule has 5 nitrogen and oxygen atoms in total. The first-order valence-electron chi connectivity index (χ1n) is 4.82. The monoisotopic (exact) mass is 199 g/mol. The number of nitrogens with two attached hydrogens (primary N) is 2. The molecule has 0 atom stereocenters. The molecule has 5 heteroatoms. The first-order valence-corrected chi connectivity index (χ1v) is 4.82. The van der Waals surface area contributed by atoms with Crippen LogP contribution in [0.25, 0.3) is 0 Å². The maximum Gasteiger partial charge on any atom is 0.219 e. The Kier molecular flexibility index (Phi) is 3.60. The van der Waals surface area contributed by atoms with Gasteiger partial charge in [-0.2, -0.15) is 0 Å². The Balaban J connectivity index is 2.43. The first kappa shape index (κ1) is 11.1. The predicted octanol–water partition coefficient (Wildman–Crippen LogP) is -0.942. The minimum Gasteiger partial charge on any atom is -0.343 e. The molecular weight excluding hydrogens is 182 g/mol. The van der Waals surface area contributed by atoms with E-state index in [1.54, 1.807) is 4.90 Å². The number of likely N-dealkylation sites (tertiary alicyclic amines) is 1. The van der Waals surface area contributed by atoms with Gasteiger partial charge in [0.05, 0.1) is 0 Å². The number of piperidine rings is 1. The molecule has 1 amide bonds. The number of rotatable bonds is 2. The molecule has 1 fully saturated rings. The van der Waals surface area contributed by atoms with Gasteiger partial charge in [-0.05, 0) is 12.8 Å². The van der Waals surface area contributed by atoms with Crippen LogP contribution in [0.4, 0.5) is 0 Å². The van der Waals surface area contributed by atoms with E-state index >= 15 is 0 Å². The van der Waals surface area contributed by atoms with Crippen LogP contribution in [-0.2, 0) is 9.59 Å². The summed E-state index contributed by atoms with van der Waals surface area (Å²) < 4.78 is 0. The second-order valence-electron chi connectivity index (χ2n) is 3.71. The Morgan fingerprint density at radius 2 is 1.79 bits per heavy atom. The van der Waals surface area contributed by atoms with Gasteiger partial charge in [-0.1, -0.05) is 0 Å². The minimum atomic E-state index is -0.871. The van der Waals surface area contributed by atoms with E-state index in [1.165, 1.54) is 6.92 Å². The van der Waals surface area contributed by atoms with E-state index in [0.29, 0.717) is 25.9 Å². The van der Waals surface area contributed by atoms with Crippen LogP contribution in [-0.4, -0.2) is 35.8 Å².